The Morgan fingerprint density at radius 3 is 2.60 bits per heavy atom. The number of rotatable bonds is 1. The average Bonchev–Trinajstić information content (AvgIpc) is 1.86. The number of methoxy groups -OCH3 is 1. The van der Waals surface area contributed by atoms with Gasteiger partial charge in [-0.15, -0.1) is 0 Å². The molecular formula is C9H14O. The third-order valence-electron chi connectivity index (χ3n) is 1.72. The van der Waals surface area contributed by atoms with Gasteiger partial charge in [-0.05, 0) is 11.5 Å². The Labute approximate surface area is 62.4 Å². The fourth-order valence-electron chi connectivity index (χ4n) is 1.12. The summed E-state index contributed by atoms with van der Waals surface area (Å²) in [5.74, 6) is 1.08. The van der Waals surface area contributed by atoms with E-state index in [-0.39, 0.29) is 5.41 Å². The molecule has 0 aromatic rings. The van der Waals surface area contributed by atoms with Gasteiger partial charge < -0.3 is 4.74 Å². The van der Waals surface area contributed by atoms with Gasteiger partial charge in [-0.3, -0.25) is 0 Å². The number of allylic oxidation sites excluding steroid dienone is 4. The Morgan fingerprint density at radius 2 is 2.20 bits per heavy atom. The van der Waals surface area contributed by atoms with Crippen LogP contribution in [0.3, 0.4) is 0 Å². The van der Waals surface area contributed by atoms with Gasteiger partial charge in [0.15, 0.2) is 0 Å². The normalized spacial score (nSPS) is 22.1. The minimum atomic E-state index is 0.278. The summed E-state index contributed by atoms with van der Waals surface area (Å²) in [6.07, 6.45) is 7.29. The molecule has 0 atom stereocenters. The molecule has 1 aliphatic carbocycles. The number of ether oxygens (including phenoxy) is 1. The zero-order valence-corrected chi connectivity index (χ0v) is 6.85. The lowest BCUT2D eigenvalue weighted by molar-refractivity contribution is 0.245. The molecule has 0 saturated carbocycles. The molecule has 0 radical (unpaired) electrons. The zero-order valence-electron chi connectivity index (χ0n) is 6.85. The molecule has 1 rings (SSSR count). The molecule has 0 bridgehead atoms. The van der Waals surface area contributed by atoms with Crippen molar-refractivity contribution < 1.29 is 4.74 Å². The fourth-order valence-corrected chi connectivity index (χ4v) is 1.12. The van der Waals surface area contributed by atoms with Crippen LogP contribution in [-0.4, -0.2) is 7.11 Å². The highest BCUT2D eigenvalue weighted by Crippen LogP contribution is 2.30. The van der Waals surface area contributed by atoms with Crippen LogP contribution in [0, 0.1) is 5.41 Å². The Morgan fingerprint density at radius 1 is 1.50 bits per heavy atom. The maximum atomic E-state index is 5.14. The summed E-state index contributed by atoms with van der Waals surface area (Å²) < 4.78 is 5.14. The fraction of sp³-hybridized carbons (Fsp3) is 0.556. The van der Waals surface area contributed by atoms with E-state index in [4.69, 9.17) is 4.74 Å². The Bertz CT molecular complexity index is 175. The second-order valence-electron chi connectivity index (χ2n) is 3.36. The molecule has 0 aliphatic heterocycles. The third-order valence-corrected chi connectivity index (χ3v) is 1.72. The van der Waals surface area contributed by atoms with Crippen molar-refractivity contribution in [2.75, 3.05) is 7.11 Å². The Balaban J connectivity index is 2.68. The van der Waals surface area contributed by atoms with Crippen molar-refractivity contribution in [3.05, 3.63) is 24.0 Å². The summed E-state index contributed by atoms with van der Waals surface area (Å²) in [5.41, 5.74) is 0.278. The first-order valence-corrected chi connectivity index (χ1v) is 3.56. The standard InChI is InChI=1S/C9H14O/c1-9(2)6-4-5-8(7-9)10-3/h4-6H,7H2,1-3H3. The molecular weight excluding hydrogens is 124 g/mol. The first kappa shape index (κ1) is 7.39. The van der Waals surface area contributed by atoms with Gasteiger partial charge >= 0.3 is 0 Å². The van der Waals surface area contributed by atoms with Crippen molar-refractivity contribution in [3.8, 4) is 0 Å². The summed E-state index contributed by atoms with van der Waals surface area (Å²) in [5, 5.41) is 0. The topological polar surface area (TPSA) is 9.23 Å². The van der Waals surface area contributed by atoms with Gasteiger partial charge in [0.1, 0.15) is 0 Å². The van der Waals surface area contributed by atoms with Crippen LogP contribution >= 0.6 is 0 Å². The number of hydrogen-bond acceptors (Lipinski definition) is 1. The van der Waals surface area contributed by atoms with Crippen LogP contribution in [0.25, 0.3) is 0 Å². The Kier molecular flexibility index (Phi) is 1.84. The lowest BCUT2D eigenvalue weighted by Gasteiger charge is -2.23. The molecule has 0 unspecified atom stereocenters. The summed E-state index contributed by atoms with van der Waals surface area (Å²) in [4.78, 5) is 0. The molecule has 0 fully saturated rings. The molecule has 0 N–H and O–H groups in total. The first-order valence-electron chi connectivity index (χ1n) is 3.56. The minimum absolute atomic E-state index is 0.278. The van der Waals surface area contributed by atoms with Gasteiger partial charge in [0.2, 0.25) is 0 Å². The van der Waals surface area contributed by atoms with E-state index in [1.807, 2.05) is 6.08 Å². The molecule has 1 nitrogen and oxygen atoms in total. The molecule has 56 valence electrons. The third kappa shape index (κ3) is 1.63. The van der Waals surface area contributed by atoms with E-state index >= 15 is 0 Å². The maximum absolute atomic E-state index is 5.14. The summed E-state index contributed by atoms with van der Waals surface area (Å²) >= 11 is 0. The largest absolute Gasteiger partial charge is 0.501 e. The van der Waals surface area contributed by atoms with E-state index in [1.165, 1.54) is 0 Å². The highest BCUT2D eigenvalue weighted by Gasteiger charge is 2.18. The van der Waals surface area contributed by atoms with Crippen LogP contribution in [0.1, 0.15) is 20.3 Å². The van der Waals surface area contributed by atoms with Gasteiger partial charge in [0, 0.05) is 6.42 Å². The molecule has 0 spiro atoms. The van der Waals surface area contributed by atoms with Crippen LogP contribution in [0.15, 0.2) is 24.0 Å². The van der Waals surface area contributed by atoms with Crippen molar-refractivity contribution >= 4 is 0 Å². The Hall–Kier alpha value is -0.720. The molecule has 0 amide bonds. The van der Waals surface area contributed by atoms with Crippen molar-refractivity contribution in [1.82, 2.24) is 0 Å². The highest BCUT2D eigenvalue weighted by molar-refractivity contribution is 5.18. The predicted molar refractivity (Wildman–Crippen MR) is 42.6 cm³/mol. The van der Waals surface area contributed by atoms with Crippen LogP contribution in [0.4, 0.5) is 0 Å². The molecule has 0 aromatic heterocycles. The lowest BCUT2D eigenvalue weighted by atomic mass is 9.85. The minimum Gasteiger partial charge on any atom is -0.501 e. The smallest absolute Gasteiger partial charge is 0.0963 e. The van der Waals surface area contributed by atoms with Gasteiger partial charge in [-0.25, -0.2) is 0 Å². The number of hydrogen-bond donors (Lipinski definition) is 0. The zero-order chi connectivity index (χ0) is 7.61. The van der Waals surface area contributed by atoms with E-state index < -0.39 is 0 Å². The van der Waals surface area contributed by atoms with E-state index in [9.17, 15) is 0 Å². The molecule has 10 heavy (non-hydrogen) atoms. The van der Waals surface area contributed by atoms with E-state index in [0.29, 0.717) is 0 Å². The highest BCUT2D eigenvalue weighted by atomic mass is 16.5. The SMILES string of the molecule is COC1=CC=CC(C)(C)C1. The van der Waals surface area contributed by atoms with Gasteiger partial charge in [-0.2, -0.15) is 0 Å². The van der Waals surface area contributed by atoms with Crippen molar-refractivity contribution in [1.29, 1.82) is 0 Å². The van der Waals surface area contributed by atoms with E-state index in [1.54, 1.807) is 7.11 Å². The predicted octanol–water partition coefficient (Wildman–Crippen LogP) is 2.50. The summed E-state index contributed by atoms with van der Waals surface area (Å²) in [7, 11) is 1.72. The maximum Gasteiger partial charge on any atom is 0.0963 e. The van der Waals surface area contributed by atoms with Crippen LogP contribution < -0.4 is 0 Å². The van der Waals surface area contributed by atoms with Crippen LogP contribution in [-0.2, 0) is 4.74 Å². The van der Waals surface area contributed by atoms with Gasteiger partial charge in [-0.1, -0.05) is 26.0 Å². The monoisotopic (exact) mass is 138 g/mol. The van der Waals surface area contributed by atoms with Gasteiger partial charge in [0.05, 0.1) is 12.9 Å². The summed E-state index contributed by atoms with van der Waals surface area (Å²) in [6.45, 7) is 4.41. The molecule has 0 saturated heterocycles. The van der Waals surface area contributed by atoms with E-state index in [0.717, 1.165) is 12.2 Å². The first-order chi connectivity index (χ1) is 4.64. The molecule has 0 aromatic carbocycles. The van der Waals surface area contributed by atoms with Crippen molar-refractivity contribution in [2.24, 2.45) is 5.41 Å². The lowest BCUT2D eigenvalue weighted by Crippen LogP contribution is -2.11. The molecule has 1 aliphatic rings. The van der Waals surface area contributed by atoms with Crippen molar-refractivity contribution in [2.45, 2.75) is 20.3 Å². The second-order valence-corrected chi connectivity index (χ2v) is 3.36. The molecule has 1 heteroatoms. The van der Waals surface area contributed by atoms with Crippen LogP contribution in [0.2, 0.25) is 0 Å². The average molecular weight is 138 g/mol. The van der Waals surface area contributed by atoms with Gasteiger partial charge in [0.25, 0.3) is 0 Å². The second kappa shape index (κ2) is 2.49. The quantitative estimate of drug-likeness (QED) is 0.541. The molecule has 0 heterocycles. The van der Waals surface area contributed by atoms with Crippen LogP contribution in [0.5, 0.6) is 0 Å². The summed E-state index contributed by atoms with van der Waals surface area (Å²) in [6, 6.07) is 0. The van der Waals surface area contributed by atoms with Crippen molar-refractivity contribution in [3.63, 3.8) is 0 Å². The van der Waals surface area contributed by atoms with E-state index in [2.05, 4.69) is 26.0 Å².